The number of carbonyl (C=O) groups is 1. The van der Waals surface area contributed by atoms with Crippen molar-refractivity contribution >= 4 is 57.7 Å². The Bertz CT molecular complexity index is 1110. The van der Waals surface area contributed by atoms with Gasteiger partial charge in [0.05, 0.1) is 10.7 Å². The molecule has 0 aliphatic carbocycles. The Morgan fingerprint density at radius 3 is 2.39 bits per heavy atom. The SMILES string of the molecule is Cc1cc([N+](=O)[O-])ccc1NC(=O)CSc1cccc(NC(=S)Nc2ccccc2)c1. The molecule has 7 nitrogen and oxygen atoms in total. The molecule has 3 aromatic carbocycles. The maximum atomic E-state index is 12.3. The third-order valence-electron chi connectivity index (χ3n) is 4.19. The molecule has 3 rings (SSSR count). The summed E-state index contributed by atoms with van der Waals surface area (Å²) in [6.07, 6.45) is 0. The Morgan fingerprint density at radius 1 is 0.968 bits per heavy atom. The normalized spacial score (nSPS) is 10.2. The molecule has 0 unspecified atom stereocenters. The lowest BCUT2D eigenvalue weighted by atomic mass is 10.2. The number of hydrogen-bond donors (Lipinski definition) is 3. The van der Waals surface area contributed by atoms with E-state index in [2.05, 4.69) is 16.0 Å². The maximum absolute atomic E-state index is 12.3. The number of aryl methyl sites for hydroxylation is 1. The molecular formula is C22H20N4O3S2. The van der Waals surface area contributed by atoms with Gasteiger partial charge in [0, 0.05) is 34.1 Å². The quantitative estimate of drug-likeness (QED) is 0.190. The topological polar surface area (TPSA) is 96.3 Å². The second-order valence-electron chi connectivity index (χ2n) is 6.57. The highest BCUT2D eigenvalue weighted by Crippen LogP contribution is 2.24. The fraction of sp³-hybridized carbons (Fsp3) is 0.0909. The van der Waals surface area contributed by atoms with Gasteiger partial charge in [0.15, 0.2) is 5.11 Å². The zero-order chi connectivity index (χ0) is 22.2. The molecule has 0 heterocycles. The van der Waals surface area contributed by atoms with Crippen LogP contribution in [0, 0.1) is 17.0 Å². The number of nitro groups is 1. The molecule has 0 atom stereocenters. The van der Waals surface area contributed by atoms with Crippen molar-refractivity contribution in [2.24, 2.45) is 0 Å². The Balaban J connectivity index is 1.53. The minimum absolute atomic E-state index is 0.00569. The number of rotatable bonds is 7. The Morgan fingerprint density at radius 2 is 1.68 bits per heavy atom. The molecule has 0 saturated carbocycles. The van der Waals surface area contributed by atoms with E-state index in [1.165, 1.54) is 23.9 Å². The first-order valence-corrected chi connectivity index (χ1v) is 10.7. The van der Waals surface area contributed by atoms with Gasteiger partial charge in [-0.3, -0.25) is 14.9 Å². The number of nitrogens with zero attached hydrogens (tertiary/aromatic N) is 1. The van der Waals surface area contributed by atoms with E-state index in [9.17, 15) is 14.9 Å². The second-order valence-corrected chi connectivity index (χ2v) is 8.02. The van der Waals surface area contributed by atoms with Crippen molar-refractivity contribution < 1.29 is 9.72 Å². The Hall–Kier alpha value is -3.43. The zero-order valence-electron chi connectivity index (χ0n) is 16.6. The molecule has 31 heavy (non-hydrogen) atoms. The lowest BCUT2D eigenvalue weighted by molar-refractivity contribution is -0.384. The predicted octanol–water partition coefficient (Wildman–Crippen LogP) is 5.44. The second kappa shape index (κ2) is 10.6. The van der Waals surface area contributed by atoms with Crippen LogP contribution < -0.4 is 16.0 Å². The predicted molar refractivity (Wildman–Crippen MR) is 130 cm³/mol. The molecule has 3 aromatic rings. The van der Waals surface area contributed by atoms with Crippen LogP contribution in [0.5, 0.6) is 0 Å². The number of hydrogen-bond acceptors (Lipinski definition) is 5. The molecule has 0 aromatic heterocycles. The number of nitro benzene ring substituents is 1. The first-order valence-electron chi connectivity index (χ1n) is 9.31. The number of carbonyl (C=O) groups excluding carboxylic acids is 1. The Kier molecular flexibility index (Phi) is 7.58. The summed E-state index contributed by atoms with van der Waals surface area (Å²) in [5.41, 5.74) is 2.89. The number of para-hydroxylation sites is 1. The molecule has 3 N–H and O–H groups in total. The summed E-state index contributed by atoms with van der Waals surface area (Å²) in [6, 6.07) is 21.6. The smallest absolute Gasteiger partial charge is 0.269 e. The third kappa shape index (κ3) is 6.80. The van der Waals surface area contributed by atoms with E-state index < -0.39 is 4.92 Å². The molecule has 0 spiro atoms. The van der Waals surface area contributed by atoms with Gasteiger partial charge in [0.2, 0.25) is 5.91 Å². The highest BCUT2D eigenvalue weighted by atomic mass is 32.2. The van der Waals surface area contributed by atoms with Gasteiger partial charge < -0.3 is 16.0 Å². The monoisotopic (exact) mass is 452 g/mol. The average molecular weight is 453 g/mol. The largest absolute Gasteiger partial charge is 0.332 e. The van der Waals surface area contributed by atoms with Crippen LogP contribution in [-0.4, -0.2) is 21.7 Å². The molecule has 158 valence electrons. The van der Waals surface area contributed by atoms with Crippen LogP contribution in [-0.2, 0) is 4.79 Å². The molecule has 9 heteroatoms. The van der Waals surface area contributed by atoms with E-state index in [1.807, 2.05) is 54.6 Å². The average Bonchev–Trinajstić information content (AvgIpc) is 2.74. The van der Waals surface area contributed by atoms with Crippen LogP contribution in [0.2, 0.25) is 0 Å². The van der Waals surface area contributed by atoms with Gasteiger partial charge in [-0.05, 0) is 61.1 Å². The Labute approximate surface area is 189 Å². The van der Waals surface area contributed by atoms with Crippen LogP contribution in [0.25, 0.3) is 0 Å². The number of benzene rings is 3. The zero-order valence-corrected chi connectivity index (χ0v) is 18.3. The summed E-state index contributed by atoms with van der Waals surface area (Å²) in [5, 5.41) is 20.3. The maximum Gasteiger partial charge on any atom is 0.269 e. The van der Waals surface area contributed by atoms with Gasteiger partial charge in [-0.25, -0.2) is 0 Å². The van der Waals surface area contributed by atoms with Crippen molar-refractivity contribution in [3.63, 3.8) is 0 Å². The van der Waals surface area contributed by atoms with E-state index in [0.717, 1.165) is 16.3 Å². The first-order chi connectivity index (χ1) is 14.9. The molecule has 0 aliphatic rings. The number of amides is 1. The molecule has 0 bridgehead atoms. The highest BCUT2D eigenvalue weighted by Gasteiger charge is 2.11. The van der Waals surface area contributed by atoms with Crippen LogP contribution in [0.4, 0.5) is 22.7 Å². The van der Waals surface area contributed by atoms with E-state index in [4.69, 9.17) is 12.2 Å². The molecule has 0 fully saturated rings. The van der Waals surface area contributed by atoms with Crippen LogP contribution in [0.1, 0.15) is 5.56 Å². The van der Waals surface area contributed by atoms with Crippen molar-refractivity contribution in [1.29, 1.82) is 0 Å². The lowest BCUT2D eigenvalue weighted by Crippen LogP contribution is -2.19. The summed E-state index contributed by atoms with van der Waals surface area (Å²) in [4.78, 5) is 23.6. The molecular weight excluding hydrogens is 432 g/mol. The first kappa shape index (κ1) is 22.3. The van der Waals surface area contributed by atoms with Gasteiger partial charge in [-0.2, -0.15) is 0 Å². The van der Waals surface area contributed by atoms with Crippen molar-refractivity contribution in [2.45, 2.75) is 11.8 Å². The fourth-order valence-corrected chi connectivity index (χ4v) is 3.71. The third-order valence-corrected chi connectivity index (χ3v) is 5.39. The summed E-state index contributed by atoms with van der Waals surface area (Å²) >= 11 is 6.73. The molecule has 0 radical (unpaired) electrons. The van der Waals surface area contributed by atoms with Gasteiger partial charge in [0.25, 0.3) is 5.69 Å². The molecule has 0 saturated heterocycles. The van der Waals surface area contributed by atoms with E-state index in [-0.39, 0.29) is 17.3 Å². The van der Waals surface area contributed by atoms with Crippen molar-refractivity contribution in [3.8, 4) is 0 Å². The van der Waals surface area contributed by atoms with E-state index >= 15 is 0 Å². The minimum atomic E-state index is -0.462. The number of nitrogens with one attached hydrogen (secondary N) is 3. The number of anilines is 3. The number of thioether (sulfide) groups is 1. The van der Waals surface area contributed by atoms with Gasteiger partial charge >= 0.3 is 0 Å². The van der Waals surface area contributed by atoms with Gasteiger partial charge in [-0.1, -0.05) is 24.3 Å². The van der Waals surface area contributed by atoms with Gasteiger partial charge in [0.1, 0.15) is 0 Å². The molecule has 0 aliphatic heterocycles. The van der Waals surface area contributed by atoms with E-state index in [0.29, 0.717) is 16.4 Å². The summed E-state index contributed by atoms with van der Waals surface area (Å²) < 4.78 is 0. The summed E-state index contributed by atoms with van der Waals surface area (Å²) in [5.74, 6) is 0.00800. The van der Waals surface area contributed by atoms with E-state index in [1.54, 1.807) is 13.0 Å². The number of non-ortho nitro benzene ring substituents is 1. The van der Waals surface area contributed by atoms with Crippen LogP contribution >= 0.6 is 24.0 Å². The lowest BCUT2D eigenvalue weighted by Gasteiger charge is -2.12. The fourth-order valence-electron chi connectivity index (χ4n) is 2.72. The van der Waals surface area contributed by atoms with Crippen LogP contribution in [0.15, 0.2) is 77.7 Å². The highest BCUT2D eigenvalue weighted by molar-refractivity contribution is 8.00. The molecule has 1 amide bonds. The van der Waals surface area contributed by atoms with Crippen LogP contribution in [0.3, 0.4) is 0 Å². The van der Waals surface area contributed by atoms with Crippen molar-refractivity contribution in [2.75, 3.05) is 21.7 Å². The summed E-state index contributed by atoms with van der Waals surface area (Å²) in [6.45, 7) is 1.72. The summed E-state index contributed by atoms with van der Waals surface area (Å²) in [7, 11) is 0. The number of thiocarbonyl (C=S) groups is 1. The van der Waals surface area contributed by atoms with Crippen molar-refractivity contribution in [1.82, 2.24) is 0 Å². The standard InChI is InChI=1S/C22H20N4O3S2/c1-15-12-18(26(28)29)10-11-20(15)25-21(27)14-31-19-9-5-8-17(13-19)24-22(30)23-16-6-3-2-4-7-16/h2-13H,14H2,1H3,(H,25,27)(H2,23,24,30). The van der Waals surface area contributed by atoms with Crippen molar-refractivity contribution in [3.05, 3.63) is 88.5 Å². The van der Waals surface area contributed by atoms with Gasteiger partial charge in [-0.15, -0.1) is 11.8 Å². The minimum Gasteiger partial charge on any atom is -0.332 e.